The molecule has 2 heterocycles. The number of carbonyl (C=O) groups excluding carboxylic acids is 1. The fourth-order valence-electron chi connectivity index (χ4n) is 3.49. The summed E-state index contributed by atoms with van der Waals surface area (Å²) in [6.45, 7) is 3.38. The van der Waals surface area contributed by atoms with Crippen LogP contribution < -0.4 is 10.1 Å². The molecule has 5 heteroatoms. The van der Waals surface area contributed by atoms with Gasteiger partial charge in [0.1, 0.15) is 12.4 Å². The van der Waals surface area contributed by atoms with Gasteiger partial charge >= 0.3 is 0 Å². The van der Waals surface area contributed by atoms with Crippen molar-refractivity contribution in [3.63, 3.8) is 0 Å². The predicted molar refractivity (Wildman–Crippen MR) is 104 cm³/mol. The molecular formula is C22H27N3O2. The van der Waals surface area contributed by atoms with Crippen LogP contribution >= 0.6 is 0 Å². The molecule has 2 aromatic rings. The number of nitrogens with one attached hydrogen (secondary N) is 1. The van der Waals surface area contributed by atoms with Gasteiger partial charge in [-0.2, -0.15) is 0 Å². The smallest absolute Gasteiger partial charge is 0.223 e. The second-order valence-corrected chi connectivity index (χ2v) is 7.59. The molecule has 1 aromatic heterocycles. The van der Waals surface area contributed by atoms with E-state index in [1.807, 2.05) is 30.3 Å². The molecule has 0 radical (unpaired) electrons. The zero-order chi connectivity index (χ0) is 18.5. The largest absolute Gasteiger partial charge is 0.487 e. The molecular weight excluding hydrogens is 338 g/mol. The Morgan fingerprint density at radius 3 is 2.52 bits per heavy atom. The van der Waals surface area contributed by atoms with Gasteiger partial charge in [-0.3, -0.25) is 14.7 Å². The molecule has 4 rings (SSSR count). The van der Waals surface area contributed by atoms with E-state index < -0.39 is 0 Å². The molecule has 0 unspecified atom stereocenters. The number of carbonyl (C=O) groups is 1. The van der Waals surface area contributed by atoms with Crippen molar-refractivity contribution in [1.82, 2.24) is 15.2 Å². The number of likely N-dealkylation sites (tertiary alicyclic amines) is 1. The van der Waals surface area contributed by atoms with Crippen molar-refractivity contribution in [2.24, 2.45) is 5.92 Å². The maximum atomic E-state index is 12.2. The molecule has 1 N–H and O–H groups in total. The average Bonchev–Trinajstić information content (AvgIpc) is 3.53. The standard InChI is InChI=1S/C22H27N3O2/c26-22(24-19-6-7-19)18-10-13-25(14-11-18)15-17-4-8-21(9-5-17)27-16-20-3-1-2-12-23-20/h1-5,8-9,12,18-19H,6-7,10-11,13-16H2,(H,24,26). The highest BCUT2D eigenvalue weighted by atomic mass is 16.5. The Morgan fingerprint density at radius 2 is 1.85 bits per heavy atom. The van der Waals surface area contributed by atoms with Gasteiger partial charge in [-0.25, -0.2) is 0 Å². The SMILES string of the molecule is O=C(NC1CC1)C1CCN(Cc2ccc(OCc3ccccn3)cc2)CC1. The summed E-state index contributed by atoms with van der Waals surface area (Å²) in [6, 6.07) is 14.6. The van der Waals surface area contributed by atoms with Gasteiger partial charge in [-0.15, -0.1) is 0 Å². The third-order valence-corrected chi connectivity index (χ3v) is 5.32. The minimum Gasteiger partial charge on any atom is -0.487 e. The number of piperidine rings is 1. The van der Waals surface area contributed by atoms with Crippen LogP contribution in [-0.2, 0) is 17.9 Å². The van der Waals surface area contributed by atoms with E-state index in [9.17, 15) is 4.79 Å². The second kappa shape index (κ2) is 8.53. The molecule has 1 saturated heterocycles. The van der Waals surface area contributed by atoms with E-state index in [4.69, 9.17) is 4.74 Å². The van der Waals surface area contributed by atoms with Gasteiger partial charge in [-0.05, 0) is 68.6 Å². The van der Waals surface area contributed by atoms with Gasteiger partial charge in [-0.1, -0.05) is 18.2 Å². The predicted octanol–water partition coefficient (Wildman–Crippen LogP) is 3.15. The Morgan fingerprint density at radius 1 is 1.07 bits per heavy atom. The summed E-state index contributed by atoms with van der Waals surface area (Å²) in [5, 5.41) is 3.14. The van der Waals surface area contributed by atoms with Crippen molar-refractivity contribution in [3.8, 4) is 5.75 Å². The molecule has 2 fully saturated rings. The lowest BCUT2D eigenvalue weighted by molar-refractivity contribution is -0.126. The van der Waals surface area contributed by atoms with Gasteiger partial charge in [0, 0.05) is 24.7 Å². The van der Waals surface area contributed by atoms with E-state index >= 15 is 0 Å². The van der Waals surface area contributed by atoms with Crippen molar-refractivity contribution in [2.45, 2.75) is 44.9 Å². The van der Waals surface area contributed by atoms with Crippen LogP contribution in [0.25, 0.3) is 0 Å². The number of benzene rings is 1. The van der Waals surface area contributed by atoms with Gasteiger partial charge in [0.25, 0.3) is 0 Å². The van der Waals surface area contributed by atoms with Crippen LogP contribution in [0, 0.1) is 5.92 Å². The van der Waals surface area contributed by atoms with Gasteiger partial charge in [0.15, 0.2) is 0 Å². The van der Waals surface area contributed by atoms with E-state index in [-0.39, 0.29) is 11.8 Å². The summed E-state index contributed by atoms with van der Waals surface area (Å²) in [5.74, 6) is 1.33. The maximum absolute atomic E-state index is 12.2. The Bertz CT molecular complexity index is 736. The molecule has 142 valence electrons. The Labute approximate surface area is 160 Å². The summed E-state index contributed by atoms with van der Waals surface area (Å²) in [6.07, 6.45) is 6.02. The number of aromatic nitrogens is 1. The third-order valence-electron chi connectivity index (χ3n) is 5.32. The highest BCUT2D eigenvalue weighted by molar-refractivity contribution is 5.79. The maximum Gasteiger partial charge on any atom is 0.223 e. The zero-order valence-electron chi connectivity index (χ0n) is 15.6. The zero-order valence-corrected chi connectivity index (χ0v) is 15.6. The van der Waals surface area contributed by atoms with Crippen molar-refractivity contribution < 1.29 is 9.53 Å². The lowest BCUT2D eigenvalue weighted by atomic mass is 9.95. The molecule has 1 aliphatic carbocycles. The van der Waals surface area contributed by atoms with Gasteiger partial charge < -0.3 is 10.1 Å². The van der Waals surface area contributed by atoms with Crippen molar-refractivity contribution >= 4 is 5.91 Å². The first-order chi connectivity index (χ1) is 13.3. The van der Waals surface area contributed by atoms with Crippen molar-refractivity contribution in [3.05, 3.63) is 59.9 Å². The molecule has 0 atom stereocenters. The average molecular weight is 365 g/mol. The highest BCUT2D eigenvalue weighted by Crippen LogP contribution is 2.23. The molecule has 1 saturated carbocycles. The van der Waals surface area contributed by atoms with E-state index in [0.29, 0.717) is 12.6 Å². The molecule has 0 bridgehead atoms. The van der Waals surface area contributed by atoms with Gasteiger partial charge in [0.2, 0.25) is 5.91 Å². The first kappa shape index (κ1) is 18.0. The summed E-state index contributed by atoms with van der Waals surface area (Å²) in [7, 11) is 0. The summed E-state index contributed by atoms with van der Waals surface area (Å²) < 4.78 is 5.79. The van der Waals surface area contributed by atoms with Crippen LogP contribution in [-0.4, -0.2) is 34.9 Å². The van der Waals surface area contributed by atoms with Crippen LogP contribution in [0.15, 0.2) is 48.7 Å². The second-order valence-electron chi connectivity index (χ2n) is 7.59. The summed E-state index contributed by atoms with van der Waals surface area (Å²) in [5.41, 5.74) is 2.20. The fraction of sp³-hybridized carbons (Fsp3) is 0.455. The molecule has 1 aromatic carbocycles. The van der Waals surface area contributed by atoms with Crippen LogP contribution in [0.5, 0.6) is 5.75 Å². The topological polar surface area (TPSA) is 54.5 Å². The normalized spacial score (nSPS) is 18.2. The Kier molecular flexibility index (Phi) is 5.68. The number of amides is 1. The lowest BCUT2D eigenvalue weighted by Crippen LogP contribution is -2.40. The lowest BCUT2D eigenvalue weighted by Gasteiger charge is -2.31. The van der Waals surface area contributed by atoms with Crippen LogP contribution in [0.4, 0.5) is 0 Å². The van der Waals surface area contributed by atoms with Gasteiger partial charge in [0.05, 0.1) is 5.69 Å². The minimum atomic E-state index is 0.198. The quantitative estimate of drug-likeness (QED) is 0.819. The molecule has 2 aliphatic rings. The Hall–Kier alpha value is -2.40. The molecule has 1 amide bonds. The first-order valence-electron chi connectivity index (χ1n) is 9.90. The van der Waals surface area contributed by atoms with Crippen molar-refractivity contribution in [2.75, 3.05) is 13.1 Å². The van der Waals surface area contributed by atoms with E-state index in [0.717, 1.165) is 56.8 Å². The third kappa shape index (κ3) is 5.30. The Balaban J connectivity index is 1.21. The minimum absolute atomic E-state index is 0.198. The monoisotopic (exact) mass is 365 g/mol. The molecule has 1 aliphatic heterocycles. The number of hydrogen-bond acceptors (Lipinski definition) is 4. The van der Waals surface area contributed by atoms with E-state index in [2.05, 4.69) is 27.3 Å². The number of pyridine rings is 1. The van der Waals surface area contributed by atoms with E-state index in [1.54, 1.807) is 6.20 Å². The highest BCUT2D eigenvalue weighted by Gasteiger charge is 2.29. The first-order valence-corrected chi connectivity index (χ1v) is 9.90. The van der Waals surface area contributed by atoms with Crippen molar-refractivity contribution in [1.29, 1.82) is 0 Å². The molecule has 0 spiro atoms. The van der Waals surface area contributed by atoms with E-state index in [1.165, 1.54) is 5.56 Å². The summed E-state index contributed by atoms with van der Waals surface area (Å²) in [4.78, 5) is 18.9. The molecule has 5 nitrogen and oxygen atoms in total. The number of ether oxygens (including phenoxy) is 1. The van der Waals surface area contributed by atoms with Crippen LogP contribution in [0.1, 0.15) is 36.9 Å². The molecule has 27 heavy (non-hydrogen) atoms. The van der Waals surface area contributed by atoms with Crippen LogP contribution in [0.3, 0.4) is 0 Å². The summed E-state index contributed by atoms with van der Waals surface area (Å²) >= 11 is 0. The number of nitrogens with zero attached hydrogens (tertiary/aromatic N) is 2. The number of hydrogen-bond donors (Lipinski definition) is 1. The fourth-order valence-corrected chi connectivity index (χ4v) is 3.49. The van der Waals surface area contributed by atoms with Crippen LogP contribution in [0.2, 0.25) is 0 Å². The number of rotatable bonds is 7.